The van der Waals surface area contributed by atoms with Gasteiger partial charge in [0.25, 0.3) is 0 Å². The fourth-order valence-corrected chi connectivity index (χ4v) is 9.99. The molecule has 0 saturated carbocycles. The van der Waals surface area contributed by atoms with Crippen LogP contribution in [0.3, 0.4) is 0 Å². The van der Waals surface area contributed by atoms with Gasteiger partial charge in [-0.3, -0.25) is 14.4 Å². The van der Waals surface area contributed by atoms with Crippen LogP contribution in [0.25, 0.3) is 0 Å². The lowest BCUT2D eigenvalue weighted by atomic mass is 10.0. The molecule has 70 heavy (non-hydrogen) atoms. The molecular weight excluding hydrogens is 865 g/mol. The normalized spacial score (nSPS) is 12.0. The van der Waals surface area contributed by atoms with Gasteiger partial charge in [-0.15, -0.1) is 0 Å². The predicted octanol–water partition coefficient (Wildman–Crippen LogP) is 21.4. The average Bonchev–Trinajstić information content (AvgIpc) is 3.35. The number of hydrogen-bond acceptors (Lipinski definition) is 6. The third-order valence-electron chi connectivity index (χ3n) is 14.8. The molecule has 6 nitrogen and oxygen atoms in total. The third-order valence-corrected chi connectivity index (χ3v) is 14.8. The van der Waals surface area contributed by atoms with Crippen molar-refractivity contribution in [2.45, 2.75) is 374 Å². The highest BCUT2D eigenvalue weighted by molar-refractivity contribution is 5.71. The Morgan fingerprint density at radius 2 is 0.471 bits per heavy atom. The molecule has 0 aromatic heterocycles. The molecule has 1 atom stereocenters. The van der Waals surface area contributed by atoms with E-state index in [2.05, 4.69) is 27.7 Å². The first kappa shape index (κ1) is 68.4. The Balaban J connectivity index is 4.28. The Bertz CT molecular complexity index is 1060. The van der Waals surface area contributed by atoms with Gasteiger partial charge in [-0.25, -0.2) is 0 Å². The first-order chi connectivity index (χ1) is 34.4. The number of hydrogen-bond donors (Lipinski definition) is 0. The van der Waals surface area contributed by atoms with Crippen molar-refractivity contribution in [3.63, 3.8) is 0 Å². The zero-order valence-corrected chi connectivity index (χ0v) is 48.0. The van der Waals surface area contributed by atoms with Gasteiger partial charge in [0.15, 0.2) is 6.10 Å². The molecule has 0 aromatic carbocycles. The van der Waals surface area contributed by atoms with Crippen LogP contribution in [0, 0.1) is 5.92 Å². The molecule has 0 N–H and O–H groups in total. The molecule has 0 heterocycles. The summed E-state index contributed by atoms with van der Waals surface area (Å²) in [6, 6.07) is 0. The number of unbranched alkanes of at least 4 members (excludes halogenated alkanes) is 46. The highest BCUT2D eigenvalue weighted by Crippen LogP contribution is 2.19. The third kappa shape index (κ3) is 57.3. The molecule has 0 bridgehead atoms. The van der Waals surface area contributed by atoms with Crippen molar-refractivity contribution in [1.29, 1.82) is 0 Å². The van der Waals surface area contributed by atoms with E-state index in [9.17, 15) is 14.4 Å². The zero-order valence-electron chi connectivity index (χ0n) is 48.0. The summed E-state index contributed by atoms with van der Waals surface area (Å²) >= 11 is 0. The monoisotopic (exact) mass is 989 g/mol. The summed E-state index contributed by atoms with van der Waals surface area (Å²) in [6.45, 7) is 9.09. The van der Waals surface area contributed by atoms with Crippen molar-refractivity contribution in [3.05, 3.63) is 0 Å². The standard InChI is InChI=1S/C64H124O6/c1-5-7-9-11-13-15-17-19-21-23-24-26-28-32-37-41-45-49-53-57-64(67)70-61(59-69-63(66)56-52-48-44-40-36-33-29-30-34-38-42-46-50-54-60(3)4)58-68-62(65)55-51-47-43-39-35-31-27-25-22-20-18-16-14-12-10-8-6-2/h60-61H,5-59H2,1-4H3/t61-/m1/s1. The minimum Gasteiger partial charge on any atom is -0.462 e. The van der Waals surface area contributed by atoms with Gasteiger partial charge >= 0.3 is 17.9 Å². The molecule has 0 aliphatic carbocycles. The van der Waals surface area contributed by atoms with Crippen LogP contribution in [-0.4, -0.2) is 37.2 Å². The van der Waals surface area contributed by atoms with Crippen LogP contribution in [-0.2, 0) is 28.6 Å². The summed E-state index contributed by atoms with van der Waals surface area (Å²) in [5.41, 5.74) is 0. The molecule has 0 aliphatic rings. The molecule has 416 valence electrons. The molecule has 6 heteroatoms. The second-order valence-electron chi connectivity index (χ2n) is 22.5. The van der Waals surface area contributed by atoms with Crippen molar-refractivity contribution in [3.8, 4) is 0 Å². The van der Waals surface area contributed by atoms with E-state index in [1.807, 2.05) is 0 Å². The Labute approximate surface area is 438 Å². The maximum atomic E-state index is 12.9. The maximum absolute atomic E-state index is 12.9. The van der Waals surface area contributed by atoms with Gasteiger partial charge in [-0.1, -0.05) is 329 Å². The van der Waals surface area contributed by atoms with E-state index >= 15 is 0 Å². The van der Waals surface area contributed by atoms with Crippen LogP contribution in [0.15, 0.2) is 0 Å². The van der Waals surface area contributed by atoms with Gasteiger partial charge in [-0.2, -0.15) is 0 Å². The largest absolute Gasteiger partial charge is 0.462 e. The minimum absolute atomic E-state index is 0.0612. The molecule has 0 saturated heterocycles. The smallest absolute Gasteiger partial charge is 0.306 e. The molecule has 0 aliphatic heterocycles. The lowest BCUT2D eigenvalue weighted by Crippen LogP contribution is -2.30. The van der Waals surface area contributed by atoms with E-state index in [1.54, 1.807) is 0 Å². The van der Waals surface area contributed by atoms with Gasteiger partial charge < -0.3 is 14.2 Å². The second-order valence-corrected chi connectivity index (χ2v) is 22.5. The van der Waals surface area contributed by atoms with E-state index in [-0.39, 0.29) is 31.1 Å². The molecule has 0 amide bonds. The van der Waals surface area contributed by atoms with Crippen molar-refractivity contribution >= 4 is 17.9 Å². The minimum atomic E-state index is -0.763. The maximum Gasteiger partial charge on any atom is 0.306 e. The van der Waals surface area contributed by atoms with Crippen LogP contribution in [0.5, 0.6) is 0 Å². The van der Waals surface area contributed by atoms with Gasteiger partial charge in [0.05, 0.1) is 0 Å². The van der Waals surface area contributed by atoms with Crippen molar-refractivity contribution in [2.24, 2.45) is 5.92 Å². The number of ether oxygens (including phenoxy) is 3. The predicted molar refractivity (Wildman–Crippen MR) is 303 cm³/mol. The van der Waals surface area contributed by atoms with E-state index in [0.29, 0.717) is 19.3 Å². The highest BCUT2D eigenvalue weighted by atomic mass is 16.6. The summed E-state index contributed by atoms with van der Waals surface area (Å²) in [6.07, 6.45) is 65.3. The summed E-state index contributed by atoms with van der Waals surface area (Å²) in [7, 11) is 0. The number of rotatable bonds is 59. The number of carbonyl (C=O) groups excluding carboxylic acids is 3. The number of esters is 3. The summed E-state index contributed by atoms with van der Waals surface area (Å²) < 4.78 is 17.0. The fourth-order valence-electron chi connectivity index (χ4n) is 9.99. The molecule has 0 radical (unpaired) electrons. The van der Waals surface area contributed by atoms with E-state index in [1.165, 1.54) is 263 Å². The van der Waals surface area contributed by atoms with Gasteiger partial charge in [-0.05, 0) is 25.2 Å². The zero-order chi connectivity index (χ0) is 50.9. The van der Waals surface area contributed by atoms with Crippen LogP contribution >= 0.6 is 0 Å². The second kappa shape index (κ2) is 58.3. The summed E-state index contributed by atoms with van der Waals surface area (Å²) in [4.78, 5) is 38.3. The van der Waals surface area contributed by atoms with E-state index in [4.69, 9.17) is 14.2 Å². The topological polar surface area (TPSA) is 78.9 Å². The quantitative estimate of drug-likeness (QED) is 0.0343. The highest BCUT2D eigenvalue weighted by Gasteiger charge is 2.19. The molecule has 0 rings (SSSR count). The first-order valence-electron chi connectivity index (χ1n) is 31.9. The van der Waals surface area contributed by atoms with Crippen LogP contribution in [0.1, 0.15) is 368 Å². The molecule has 0 aromatic rings. The van der Waals surface area contributed by atoms with Crippen LogP contribution in [0.2, 0.25) is 0 Å². The Hall–Kier alpha value is -1.59. The Morgan fingerprint density at radius 1 is 0.271 bits per heavy atom. The van der Waals surface area contributed by atoms with Crippen molar-refractivity contribution < 1.29 is 28.6 Å². The van der Waals surface area contributed by atoms with E-state index in [0.717, 1.165) is 63.7 Å². The molecular formula is C64H124O6. The van der Waals surface area contributed by atoms with E-state index < -0.39 is 6.10 Å². The van der Waals surface area contributed by atoms with Crippen molar-refractivity contribution in [1.82, 2.24) is 0 Å². The summed E-state index contributed by atoms with van der Waals surface area (Å²) in [5.74, 6) is 0.0118. The molecule has 0 spiro atoms. The lowest BCUT2D eigenvalue weighted by Gasteiger charge is -2.18. The van der Waals surface area contributed by atoms with Gasteiger partial charge in [0, 0.05) is 19.3 Å². The molecule has 0 fully saturated rings. The Morgan fingerprint density at radius 3 is 0.700 bits per heavy atom. The fraction of sp³-hybridized carbons (Fsp3) is 0.953. The molecule has 0 unspecified atom stereocenters. The SMILES string of the molecule is CCCCCCCCCCCCCCCCCCCCCC(=O)O[C@H](COC(=O)CCCCCCCCCCCCCCCCCCC)COC(=O)CCCCCCCCCCCCCCCC(C)C. The first-order valence-corrected chi connectivity index (χ1v) is 31.9. The van der Waals surface area contributed by atoms with Crippen LogP contribution < -0.4 is 0 Å². The number of carbonyl (C=O) groups is 3. The Kier molecular flexibility index (Phi) is 57.0. The van der Waals surface area contributed by atoms with Crippen molar-refractivity contribution in [2.75, 3.05) is 13.2 Å². The summed E-state index contributed by atoms with van der Waals surface area (Å²) in [5, 5.41) is 0. The van der Waals surface area contributed by atoms with Gasteiger partial charge in [0.2, 0.25) is 0 Å². The van der Waals surface area contributed by atoms with Crippen LogP contribution in [0.4, 0.5) is 0 Å². The van der Waals surface area contributed by atoms with Gasteiger partial charge in [0.1, 0.15) is 13.2 Å². The average molecular weight is 990 g/mol. The lowest BCUT2D eigenvalue weighted by molar-refractivity contribution is -0.167.